The molecule has 0 bridgehead atoms. The monoisotopic (exact) mass is 334 g/mol. The van der Waals surface area contributed by atoms with Crippen LogP contribution in [0, 0.1) is 10.1 Å². The maximum Gasteiger partial charge on any atom is 0.291 e. The molecule has 0 aliphatic carbocycles. The zero-order valence-electron chi connectivity index (χ0n) is 12.6. The lowest BCUT2D eigenvalue weighted by atomic mass is 10.1. The van der Waals surface area contributed by atoms with E-state index in [0.717, 1.165) is 25.1 Å². The Hall–Kier alpha value is -2.15. The highest BCUT2D eigenvalue weighted by Crippen LogP contribution is 2.31. The molecule has 6 nitrogen and oxygen atoms in total. The van der Waals surface area contributed by atoms with Crippen LogP contribution >= 0.6 is 0 Å². The molecule has 3 rings (SSSR count). The fourth-order valence-corrected chi connectivity index (χ4v) is 4.66. The van der Waals surface area contributed by atoms with Gasteiger partial charge in [0.05, 0.1) is 28.2 Å². The number of aryl methyl sites for hydroxylation is 1. The van der Waals surface area contributed by atoms with Gasteiger partial charge in [-0.05, 0) is 24.8 Å². The van der Waals surface area contributed by atoms with E-state index >= 15 is 0 Å². The van der Waals surface area contributed by atoms with Crippen LogP contribution in [-0.2, 0) is 34.3 Å². The van der Waals surface area contributed by atoms with E-state index in [-0.39, 0.29) is 17.2 Å². The van der Waals surface area contributed by atoms with Gasteiger partial charge in [-0.3, -0.25) is 10.1 Å². The van der Waals surface area contributed by atoms with Crippen molar-refractivity contribution in [1.82, 2.24) is 4.57 Å². The van der Waals surface area contributed by atoms with E-state index in [4.69, 9.17) is 0 Å². The second-order valence-corrected chi connectivity index (χ2v) is 7.93. The SMILES string of the molecule is O=[N+]([O-])c1cn2c(c1CS(=O)(=O)Cc1ccccc1)CCCC2. The number of nitrogens with zero attached hydrogens (tertiary/aromatic N) is 2. The highest BCUT2D eigenvalue weighted by Gasteiger charge is 2.29. The Morgan fingerprint density at radius 2 is 1.87 bits per heavy atom. The third kappa shape index (κ3) is 3.44. The van der Waals surface area contributed by atoms with E-state index in [1.807, 2.05) is 10.6 Å². The van der Waals surface area contributed by atoms with Gasteiger partial charge >= 0.3 is 0 Å². The van der Waals surface area contributed by atoms with Crippen molar-refractivity contribution in [3.8, 4) is 0 Å². The molecule has 0 saturated heterocycles. The number of aromatic nitrogens is 1. The Kier molecular flexibility index (Phi) is 4.21. The first-order valence-electron chi connectivity index (χ1n) is 7.56. The molecule has 0 saturated carbocycles. The van der Waals surface area contributed by atoms with Gasteiger partial charge in [-0.1, -0.05) is 30.3 Å². The second-order valence-electron chi connectivity index (χ2n) is 5.87. The van der Waals surface area contributed by atoms with E-state index in [0.29, 0.717) is 17.5 Å². The van der Waals surface area contributed by atoms with Gasteiger partial charge in [0.2, 0.25) is 0 Å². The van der Waals surface area contributed by atoms with Crippen molar-refractivity contribution in [2.24, 2.45) is 0 Å². The summed E-state index contributed by atoms with van der Waals surface area (Å²) >= 11 is 0. The summed E-state index contributed by atoms with van der Waals surface area (Å²) in [5, 5.41) is 11.3. The van der Waals surface area contributed by atoms with Crippen molar-refractivity contribution in [2.45, 2.75) is 37.3 Å². The summed E-state index contributed by atoms with van der Waals surface area (Å²) in [6.07, 6.45) is 4.09. The number of hydrogen-bond donors (Lipinski definition) is 0. The molecule has 122 valence electrons. The van der Waals surface area contributed by atoms with Crippen molar-refractivity contribution in [2.75, 3.05) is 0 Å². The molecule has 1 aromatic carbocycles. The average Bonchev–Trinajstić information content (AvgIpc) is 2.86. The Morgan fingerprint density at radius 3 is 2.57 bits per heavy atom. The summed E-state index contributed by atoms with van der Waals surface area (Å²) in [5.74, 6) is -0.379. The van der Waals surface area contributed by atoms with E-state index < -0.39 is 14.8 Å². The number of nitro groups is 1. The molecule has 0 unspecified atom stereocenters. The lowest BCUT2D eigenvalue weighted by molar-refractivity contribution is -0.385. The van der Waals surface area contributed by atoms with Gasteiger partial charge in [-0.25, -0.2) is 8.42 Å². The van der Waals surface area contributed by atoms with Gasteiger partial charge in [0.1, 0.15) is 0 Å². The van der Waals surface area contributed by atoms with Gasteiger partial charge in [0, 0.05) is 12.2 Å². The molecule has 2 aromatic rings. The normalized spacial score (nSPS) is 14.4. The highest BCUT2D eigenvalue weighted by atomic mass is 32.2. The molecule has 1 aliphatic rings. The van der Waals surface area contributed by atoms with E-state index in [9.17, 15) is 18.5 Å². The van der Waals surface area contributed by atoms with E-state index in [1.165, 1.54) is 6.20 Å². The zero-order chi connectivity index (χ0) is 16.4. The standard InChI is InChI=1S/C16H18N2O4S/c19-18(20)16-10-17-9-5-4-8-15(17)14(16)12-23(21,22)11-13-6-2-1-3-7-13/h1-3,6-7,10H,4-5,8-9,11-12H2. The second kappa shape index (κ2) is 6.16. The van der Waals surface area contributed by atoms with Gasteiger partial charge in [-0.2, -0.15) is 0 Å². The van der Waals surface area contributed by atoms with Crippen LogP contribution < -0.4 is 0 Å². The van der Waals surface area contributed by atoms with Crippen LogP contribution in [0.4, 0.5) is 5.69 Å². The third-order valence-corrected chi connectivity index (χ3v) is 5.64. The summed E-state index contributed by atoms with van der Waals surface area (Å²) in [6.45, 7) is 0.717. The van der Waals surface area contributed by atoms with Crippen LogP contribution in [0.5, 0.6) is 0 Å². The minimum Gasteiger partial charge on any atom is -0.345 e. The van der Waals surface area contributed by atoms with Crippen molar-refractivity contribution in [3.05, 3.63) is 63.5 Å². The molecule has 1 aromatic heterocycles. The van der Waals surface area contributed by atoms with E-state index in [2.05, 4.69) is 0 Å². The van der Waals surface area contributed by atoms with Crippen LogP contribution in [0.2, 0.25) is 0 Å². The Morgan fingerprint density at radius 1 is 1.13 bits per heavy atom. The molecule has 23 heavy (non-hydrogen) atoms. The number of benzene rings is 1. The summed E-state index contributed by atoms with van der Waals surface area (Å²) in [7, 11) is -3.46. The Balaban J connectivity index is 1.92. The summed E-state index contributed by atoms with van der Waals surface area (Å²) < 4.78 is 26.8. The van der Waals surface area contributed by atoms with Crippen molar-refractivity contribution in [1.29, 1.82) is 0 Å². The Labute approximate surface area is 134 Å². The maximum absolute atomic E-state index is 12.5. The summed E-state index contributed by atoms with van der Waals surface area (Å²) in [6, 6.07) is 8.90. The number of hydrogen-bond acceptors (Lipinski definition) is 4. The maximum atomic E-state index is 12.5. The van der Waals surface area contributed by atoms with Crippen LogP contribution in [0.15, 0.2) is 36.5 Å². The molecule has 0 spiro atoms. The van der Waals surface area contributed by atoms with E-state index in [1.54, 1.807) is 24.3 Å². The fourth-order valence-electron chi connectivity index (χ4n) is 3.11. The number of sulfone groups is 1. The van der Waals surface area contributed by atoms with Gasteiger partial charge in [0.25, 0.3) is 5.69 Å². The summed E-state index contributed by atoms with van der Waals surface area (Å²) in [5.41, 5.74) is 1.80. The minimum atomic E-state index is -3.46. The molecule has 0 amide bonds. The van der Waals surface area contributed by atoms with Crippen molar-refractivity contribution < 1.29 is 13.3 Å². The van der Waals surface area contributed by atoms with Crippen LogP contribution in [0.3, 0.4) is 0 Å². The smallest absolute Gasteiger partial charge is 0.291 e. The first kappa shape index (κ1) is 15.7. The summed E-state index contributed by atoms with van der Waals surface area (Å²) in [4.78, 5) is 10.8. The molecule has 0 radical (unpaired) electrons. The van der Waals surface area contributed by atoms with Crippen LogP contribution in [0.1, 0.15) is 29.7 Å². The lowest BCUT2D eigenvalue weighted by Crippen LogP contribution is -2.13. The predicted octanol–water partition coefficient (Wildman–Crippen LogP) is 2.85. The first-order valence-corrected chi connectivity index (χ1v) is 9.38. The van der Waals surface area contributed by atoms with Crippen molar-refractivity contribution in [3.63, 3.8) is 0 Å². The average molecular weight is 334 g/mol. The molecule has 0 N–H and O–H groups in total. The minimum absolute atomic E-state index is 0.0708. The quantitative estimate of drug-likeness (QED) is 0.622. The number of fused-ring (bicyclic) bond motifs is 1. The first-order chi connectivity index (χ1) is 11.0. The van der Waals surface area contributed by atoms with Gasteiger partial charge < -0.3 is 4.57 Å². The van der Waals surface area contributed by atoms with Crippen molar-refractivity contribution >= 4 is 15.5 Å². The largest absolute Gasteiger partial charge is 0.345 e. The topological polar surface area (TPSA) is 82.2 Å². The fraction of sp³-hybridized carbons (Fsp3) is 0.375. The predicted molar refractivity (Wildman–Crippen MR) is 86.8 cm³/mol. The molecular formula is C16H18N2O4S. The van der Waals surface area contributed by atoms with Crippen LogP contribution in [0.25, 0.3) is 0 Å². The highest BCUT2D eigenvalue weighted by molar-refractivity contribution is 7.89. The zero-order valence-corrected chi connectivity index (χ0v) is 13.5. The third-order valence-electron chi connectivity index (χ3n) is 4.14. The molecule has 0 atom stereocenters. The number of rotatable bonds is 5. The Bertz CT molecular complexity index is 825. The molecule has 7 heteroatoms. The molecular weight excluding hydrogens is 316 g/mol. The van der Waals surface area contributed by atoms with Gasteiger partial charge in [0.15, 0.2) is 9.84 Å². The molecule has 0 fully saturated rings. The van der Waals surface area contributed by atoms with Gasteiger partial charge in [-0.15, -0.1) is 0 Å². The lowest BCUT2D eigenvalue weighted by Gasteiger charge is -2.15. The molecule has 2 heterocycles. The van der Waals surface area contributed by atoms with Crippen LogP contribution in [-0.4, -0.2) is 17.9 Å². The molecule has 1 aliphatic heterocycles.